The van der Waals surface area contributed by atoms with Gasteiger partial charge in [0.05, 0.1) is 6.61 Å². The van der Waals surface area contributed by atoms with Crippen LogP contribution in [0.15, 0.2) is 0 Å². The molecule has 6 N–H and O–H groups in total. The summed E-state index contributed by atoms with van der Waals surface area (Å²) in [6.45, 7) is -0.446. The molecule has 0 radical (unpaired) electrons. The number of halogens is 1. The van der Waals surface area contributed by atoms with Crippen LogP contribution >= 0.6 is 12.4 Å². The van der Waals surface area contributed by atoms with Crippen molar-refractivity contribution in [2.75, 3.05) is 6.61 Å². The largest absolute Gasteiger partial charge is 0.394 e. The van der Waals surface area contributed by atoms with Crippen molar-refractivity contribution in [2.45, 2.75) is 30.6 Å². The Morgan fingerprint density at radius 3 is 2.08 bits per heavy atom. The van der Waals surface area contributed by atoms with Gasteiger partial charge in [0.2, 0.25) is 0 Å². The monoisotopic (exact) mass is 215 g/mol. The Hall–Kier alpha value is 0.0500. The van der Waals surface area contributed by atoms with Gasteiger partial charge in [-0.1, -0.05) is 0 Å². The van der Waals surface area contributed by atoms with E-state index in [4.69, 9.17) is 25.8 Å². The topological polar surface area (TPSA) is 116 Å². The second-order valence-electron chi connectivity index (χ2n) is 2.79. The lowest BCUT2D eigenvalue weighted by Crippen LogP contribution is -2.61. The molecule has 0 aliphatic carbocycles. The first-order valence-electron chi connectivity index (χ1n) is 3.64. The van der Waals surface area contributed by atoms with Crippen LogP contribution in [0, 0.1) is 0 Å². The van der Waals surface area contributed by atoms with Crippen LogP contribution in [-0.4, -0.2) is 57.7 Å². The normalized spacial score (nSPS) is 45.5. The van der Waals surface area contributed by atoms with Crippen molar-refractivity contribution in [3.8, 4) is 0 Å². The summed E-state index contributed by atoms with van der Waals surface area (Å²) in [6, 6.07) is 0. The minimum atomic E-state index is -1.37. The van der Waals surface area contributed by atoms with Gasteiger partial charge in [0.25, 0.3) is 0 Å². The molecule has 1 rings (SSSR count). The Kier molecular flexibility index (Phi) is 5.08. The lowest BCUT2D eigenvalue weighted by atomic mass is 9.99. The van der Waals surface area contributed by atoms with Crippen LogP contribution in [-0.2, 0) is 4.74 Å². The van der Waals surface area contributed by atoms with E-state index in [1.54, 1.807) is 0 Å². The Morgan fingerprint density at radius 2 is 1.62 bits per heavy atom. The number of aliphatic hydroxyl groups excluding tert-OH is 4. The highest BCUT2D eigenvalue weighted by atomic mass is 35.5. The Balaban J connectivity index is 0.00000144. The SMILES string of the molecule is Cl.NC1O[C@H](CO)[C@@H](O)[C@H](O)[C@H]1O. The minimum Gasteiger partial charge on any atom is -0.394 e. The van der Waals surface area contributed by atoms with Gasteiger partial charge in [-0.2, -0.15) is 0 Å². The summed E-state index contributed by atoms with van der Waals surface area (Å²) in [5, 5.41) is 36.1. The first kappa shape index (κ1) is 13.1. The van der Waals surface area contributed by atoms with Crippen LogP contribution in [0.25, 0.3) is 0 Å². The molecule has 6 nitrogen and oxygen atoms in total. The van der Waals surface area contributed by atoms with Gasteiger partial charge in [0.15, 0.2) is 0 Å². The van der Waals surface area contributed by atoms with Gasteiger partial charge in [0, 0.05) is 0 Å². The lowest BCUT2D eigenvalue weighted by Gasteiger charge is -2.38. The highest BCUT2D eigenvalue weighted by Crippen LogP contribution is 2.17. The molecule has 1 aliphatic rings. The summed E-state index contributed by atoms with van der Waals surface area (Å²) in [4.78, 5) is 0. The summed E-state index contributed by atoms with van der Waals surface area (Å²) in [6.07, 6.45) is -5.99. The standard InChI is InChI=1S/C6H13NO5.ClH/c7-6-5(11)4(10)3(9)2(1-8)12-6;/h2-6,8-11H,1,7H2;1H/t2-,3-,4+,5-,6?;/m1./s1. The highest BCUT2D eigenvalue weighted by Gasteiger charge is 2.41. The maximum absolute atomic E-state index is 9.18. The van der Waals surface area contributed by atoms with Gasteiger partial charge in [0.1, 0.15) is 30.6 Å². The van der Waals surface area contributed by atoms with Crippen molar-refractivity contribution in [2.24, 2.45) is 5.73 Å². The van der Waals surface area contributed by atoms with Crippen LogP contribution in [0.5, 0.6) is 0 Å². The Bertz CT molecular complexity index is 155. The van der Waals surface area contributed by atoms with E-state index in [9.17, 15) is 5.11 Å². The van der Waals surface area contributed by atoms with Crippen molar-refractivity contribution in [3.63, 3.8) is 0 Å². The van der Waals surface area contributed by atoms with E-state index in [2.05, 4.69) is 0 Å². The summed E-state index contributed by atoms with van der Waals surface area (Å²) >= 11 is 0. The predicted octanol–water partition coefficient (Wildman–Crippen LogP) is -2.83. The molecule has 0 bridgehead atoms. The number of hydrogen-bond donors (Lipinski definition) is 5. The van der Waals surface area contributed by atoms with E-state index < -0.39 is 37.3 Å². The number of rotatable bonds is 1. The van der Waals surface area contributed by atoms with Crippen LogP contribution in [0.1, 0.15) is 0 Å². The predicted molar refractivity (Wildman–Crippen MR) is 45.2 cm³/mol. The number of aliphatic hydroxyl groups is 4. The zero-order chi connectivity index (χ0) is 9.30. The van der Waals surface area contributed by atoms with Crippen LogP contribution in [0.3, 0.4) is 0 Å². The third-order valence-corrected chi connectivity index (χ3v) is 1.93. The van der Waals surface area contributed by atoms with E-state index in [0.717, 1.165) is 0 Å². The summed E-state index contributed by atoms with van der Waals surface area (Å²) in [5.74, 6) is 0. The molecule has 0 spiro atoms. The number of hydrogen-bond acceptors (Lipinski definition) is 6. The second kappa shape index (κ2) is 5.06. The molecule has 7 heteroatoms. The number of nitrogens with two attached hydrogens (primary N) is 1. The van der Waals surface area contributed by atoms with E-state index in [0.29, 0.717) is 0 Å². The molecule has 1 fully saturated rings. The maximum atomic E-state index is 9.18. The fraction of sp³-hybridized carbons (Fsp3) is 1.00. The molecule has 0 saturated carbocycles. The molecule has 0 aromatic carbocycles. The van der Waals surface area contributed by atoms with Crippen molar-refractivity contribution >= 4 is 12.4 Å². The lowest BCUT2D eigenvalue weighted by molar-refractivity contribution is -0.227. The summed E-state index contributed by atoms with van der Waals surface area (Å²) in [5.41, 5.74) is 5.24. The maximum Gasteiger partial charge on any atom is 0.135 e. The van der Waals surface area contributed by atoms with Crippen molar-refractivity contribution in [1.82, 2.24) is 0 Å². The molecule has 5 atom stereocenters. The third-order valence-electron chi connectivity index (χ3n) is 1.93. The molecular formula is C6H14ClNO5. The molecule has 1 unspecified atom stereocenters. The van der Waals surface area contributed by atoms with E-state index in [1.807, 2.05) is 0 Å². The molecule has 80 valence electrons. The van der Waals surface area contributed by atoms with Gasteiger partial charge >= 0.3 is 0 Å². The van der Waals surface area contributed by atoms with Crippen LogP contribution < -0.4 is 5.73 Å². The zero-order valence-corrected chi connectivity index (χ0v) is 7.59. The fourth-order valence-corrected chi connectivity index (χ4v) is 1.13. The van der Waals surface area contributed by atoms with Gasteiger partial charge in [-0.25, -0.2) is 0 Å². The molecular weight excluding hydrogens is 202 g/mol. The van der Waals surface area contributed by atoms with Gasteiger partial charge < -0.3 is 30.9 Å². The van der Waals surface area contributed by atoms with Crippen molar-refractivity contribution in [3.05, 3.63) is 0 Å². The average Bonchev–Trinajstić information content (AvgIpc) is 2.08. The fourth-order valence-electron chi connectivity index (χ4n) is 1.13. The molecule has 1 saturated heterocycles. The molecule has 13 heavy (non-hydrogen) atoms. The first-order valence-corrected chi connectivity index (χ1v) is 3.64. The Morgan fingerprint density at radius 1 is 1.08 bits per heavy atom. The smallest absolute Gasteiger partial charge is 0.135 e. The summed E-state index contributed by atoms with van der Waals surface area (Å²) in [7, 11) is 0. The highest BCUT2D eigenvalue weighted by molar-refractivity contribution is 5.85. The van der Waals surface area contributed by atoms with Crippen molar-refractivity contribution in [1.29, 1.82) is 0 Å². The third kappa shape index (κ3) is 2.50. The molecule has 0 amide bonds. The van der Waals surface area contributed by atoms with Gasteiger partial charge in [-0.3, -0.25) is 0 Å². The van der Waals surface area contributed by atoms with Gasteiger partial charge in [-0.15, -0.1) is 12.4 Å². The quantitative estimate of drug-likeness (QED) is 0.322. The number of ether oxygens (including phenoxy) is 1. The van der Waals surface area contributed by atoms with Gasteiger partial charge in [-0.05, 0) is 0 Å². The van der Waals surface area contributed by atoms with Crippen molar-refractivity contribution < 1.29 is 25.2 Å². The van der Waals surface area contributed by atoms with Crippen LogP contribution in [0.4, 0.5) is 0 Å². The molecule has 1 aliphatic heterocycles. The Labute approximate surface area is 81.3 Å². The molecule has 0 aromatic rings. The molecule has 0 aromatic heterocycles. The second-order valence-corrected chi connectivity index (χ2v) is 2.79. The average molecular weight is 216 g/mol. The summed E-state index contributed by atoms with van der Waals surface area (Å²) < 4.78 is 4.80. The minimum absolute atomic E-state index is 0. The molecule has 1 heterocycles. The first-order chi connectivity index (χ1) is 5.57. The van der Waals surface area contributed by atoms with E-state index >= 15 is 0 Å². The van der Waals surface area contributed by atoms with E-state index in [-0.39, 0.29) is 12.4 Å². The van der Waals surface area contributed by atoms with Crippen LogP contribution in [0.2, 0.25) is 0 Å². The zero-order valence-electron chi connectivity index (χ0n) is 6.78. The van der Waals surface area contributed by atoms with E-state index in [1.165, 1.54) is 0 Å².